The van der Waals surface area contributed by atoms with Gasteiger partial charge in [0, 0.05) is 6.04 Å². The molecule has 0 amide bonds. The van der Waals surface area contributed by atoms with Crippen molar-refractivity contribution in [3.63, 3.8) is 0 Å². The van der Waals surface area contributed by atoms with Crippen molar-refractivity contribution in [2.24, 2.45) is 5.92 Å². The van der Waals surface area contributed by atoms with Crippen LogP contribution in [0.15, 0.2) is 24.3 Å². The third-order valence-corrected chi connectivity index (χ3v) is 2.81. The first-order valence-electron chi connectivity index (χ1n) is 6.12. The van der Waals surface area contributed by atoms with Crippen LogP contribution in [0.4, 0.5) is 0 Å². The first-order valence-corrected chi connectivity index (χ1v) is 6.12. The topological polar surface area (TPSA) is 58.6 Å². The van der Waals surface area contributed by atoms with E-state index in [0.29, 0.717) is 0 Å². The quantitative estimate of drug-likeness (QED) is 0.815. The van der Waals surface area contributed by atoms with Gasteiger partial charge in [-0.05, 0) is 38.6 Å². The van der Waals surface area contributed by atoms with Crippen LogP contribution in [0.3, 0.4) is 0 Å². The van der Waals surface area contributed by atoms with Crippen LogP contribution >= 0.6 is 0 Å². The van der Waals surface area contributed by atoms with Gasteiger partial charge in [0.1, 0.15) is 5.75 Å². The molecule has 0 aliphatic rings. The van der Waals surface area contributed by atoms with Crippen molar-refractivity contribution in [2.75, 3.05) is 7.05 Å². The maximum absolute atomic E-state index is 11.0. The van der Waals surface area contributed by atoms with Crippen LogP contribution in [0.5, 0.6) is 5.75 Å². The van der Waals surface area contributed by atoms with E-state index in [1.807, 2.05) is 38.1 Å². The van der Waals surface area contributed by atoms with Gasteiger partial charge in [-0.2, -0.15) is 0 Å². The fraction of sp³-hybridized carbons (Fsp3) is 0.500. The molecule has 0 aliphatic carbocycles. The van der Waals surface area contributed by atoms with Gasteiger partial charge in [0.05, 0.1) is 12.0 Å². The zero-order chi connectivity index (χ0) is 13.7. The van der Waals surface area contributed by atoms with Crippen LogP contribution in [0.2, 0.25) is 0 Å². The second kappa shape index (κ2) is 6.40. The van der Waals surface area contributed by atoms with E-state index < -0.39 is 11.9 Å². The molecule has 0 saturated heterocycles. The minimum atomic E-state index is -0.808. The third kappa shape index (κ3) is 3.74. The molecule has 0 bridgehead atoms. The van der Waals surface area contributed by atoms with Gasteiger partial charge in [0.15, 0.2) is 0 Å². The predicted molar refractivity (Wildman–Crippen MR) is 70.8 cm³/mol. The Labute approximate surface area is 108 Å². The van der Waals surface area contributed by atoms with Crippen LogP contribution in [-0.2, 0) is 4.79 Å². The molecule has 1 aromatic carbocycles. The number of hydrogen-bond acceptors (Lipinski definition) is 3. The van der Waals surface area contributed by atoms with E-state index in [4.69, 9.17) is 9.84 Å². The minimum Gasteiger partial charge on any atom is -0.491 e. The zero-order valence-corrected chi connectivity index (χ0v) is 11.3. The number of hydrogen-bond donors (Lipinski definition) is 2. The summed E-state index contributed by atoms with van der Waals surface area (Å²) in [6, 6.07) is 7.34. The summed E-state index contributed by atoms with van der Waals surface area (Å²) in [5.74, 6) is -0.490. The summed E-state index contributed by atoms with van der Waals surface area (Å²) < 4.78 is 5.55. The number of carboxylic acid groups (broad SMARTS) is 1. The van der Waals surface area contributed by atoms with Gasteiger partial charge in [-0.25, -0.2) is 0 Å². The first-order chi connectivity index (χ1) is 8.45. The van der Waals surface area contributed by atoms with Crippen molar-refractivity contribution in [1.82, 2.24) is 5.32 Å². The molecule has 0 aliphatic heterocycles. The molecule has 2 unspecified atom stereocenters. The average Bonchev–Trinajstić information content (AvgIpc) is 2.31. The number of aliphatic carboxylic acids is 1. The van der Waals surface area contributed by atoms with Crippen LogP contribution in [-0.4, -0.2) is 24.2 Å². The van der Waals surface area contributed by atoms with Crippen LogP contribution in [0, 0.1) is 5.92 Å². The molecule has 0 fully saturated rings. The number of benzene rings is 1. The van der Waals surface area contributed by atoms with Crippen molar-refractivity contribution in [3.8, 4) is 5.75 Å². The van der Waals surface area contributed by atoms with Crippen LogP contribution < -0.4 is 10.1 Å². The fourth-order valence-electron chi connectivity index (χ4n) is 1.87. The lowest BCUT2D eigenvalue weighted by Gasteiger charge is -2.21. The van der Waals surface area contributed by atoms with Crippen molar-refractivity contribution >= 4 is 5.97 Å². The Morgan fingerprint density at radius 3 is 2.17 bits per heavy atom. The molecule has 0 saturated carbocycles. The molecule has 2 N–H and O–H groups in total. The Morgan fingerprint density at radius 2 is 1.78 bits per heavy atom. The normalized spacial score (nSPS) is 14.3. The van der Waals surface area contributed by atoms with Crippen LogP contribution in [0.25, 0.3) is 0 Å². The minimum absolute atomic E-state index is 0.133. The van der Waals surface area contributed by atoms with Crippen molar-refractivity contribution < 1.29 is 14.6 Å². The summed E-state index contributed by atoms with van der Waals surface area (Å²) in [7, 11) is 1.77. The Kier molecular flexibility index (Phi) is 5.16. The van der Waals surface area contributed by atoms with Gasteiger partial charge in [-0.15, -0.1) is 0 Å². The summed E-state index contributed by atoms with van der Waals surface area (Å²) in [6.45, 7) is 5.63. The van der Waals surface area contributed by atoms with Gasteiger partial charge in [-0.3, -0.25) is 4.79 Å². The van der Waals surface area contributed by atoms with E-state index in [-0.39, 0.29) is 12.1 Å². The first kappa shape index (κ1) is 14.5. The van der Waals surface area contributed by atoms with Crippen molar-refractivity contribution in [3.05, 3.63) is 29.8 Å². The molecule has 0 heterocycles. The summed E-state index contributed by atoms with van der Waals surface area (Å²) >= 11 is 0. The Morgan fingerprint density at radius 1 is 1.22 bits per heavy atom. The molecular formula is C14H21NO3. The number of rotatable bonds is 6. The van der Waals surface area contributed by atoms with E-state index in [1.54, 1.807) is 14.0 Å². The van der Waals surface area contributed by atoms with E-state index in [0.717, 1.165) is 11.3 Å². The predicted octanol–water partition coefficient (Wildman–Crippen LogP) is 2.46. The molecule has 4 heteroatoms. The Balaban J connectivity index is 2.85. The molecule has 1 aromatic rings. The Hall–Kier alpha value is -1.55. The molecule has 0 radical (unpaired) electrons. The second-order valence-electron chi connectivity index (χ2n) is 4.63. The smallest absolute Gasteiger partial charge is 0.308 e. The third-order valence-electron chi connectivity index (χ3n) is 2.81. The maximum Gasteiger partial charge on any atom is 0.308 e. The summed E-state index contributed by atoms with van der Waals surface area (Å²) in [5, 5.41) is 12.1. The highest BCUT2D eigenvalue weighted by molar-refractivity contribution is 5.70. The van der Waals surface area contributed by atoms with Gasteiger partial charge in [0.25, 0.3) is 0 Å². The van der Waals surface area contributed by atoms with Gasteiger partial charge in [-0.1, -0.05) is 19.1 Å². The largest absolute Gasteiger partial charge is 0.491 e. The van der Waals surface area contributed by atoms with Gasteiger partial charge in [0.2, 0.25) is 0 Å². The molecule has 0 aromatic heterocycles. The molecule has 100 valence electrons. The fourth-order valence-corrected chi connectivity index (χ4v) is 1.87. The second-order valence-corrected chi connectivity index (χ2v) is 4.63. The van der Waals surface area contributed by atoms with Gasteiger partial charge < -0.3 is 15.2 Å². The number of carbonyl (C=O) groups is 1. The highest BCUT2D eigenvalue weighted by Crippen LogP contribution is 2.24. The zero-order valence-electron chi connectivity index (χ0n) is 11.3. The highest BCUT2D eigenvalue weighted by Gasteiger charge is 2.23. The average molecular weight is 251 g/mol. The van der Waals surface area contributed by atoms with Crippen molar-refractivity contribution in [2.45, 2.75) is 32.9 Å². The lowest BCUT2D eigenvalue weighted by molar-refractivity contribution is -0.142. The molecule has 4 nitrogen and oxygen atoms in total. The summed E-state index contributed by atoms with van der Waals surface area (Å²) in [5.41, 5.74) is 0.948. The Bertz CT molecular complexity index is 387. The maximum atomic E-state index is 11.0. The summed E-state index contributed by atoms with van der Waals surface area (Å²) in [4.78, 5) is 11.0. The SMILES string of the molecule is CNC(c1ccc(OC(C)C)cc1)C(C)C(=O)O. The monoisotopic (exact) mass is 251 g/mol. The molecule has 2 atom stereocenters. The summed E-state index contributed by atoms with van der Waals surface area (Å²) in [6.07, 6.45) is 0.133. The lowest BCUT2D eigenvalue weighted by Crippen LogP contribution is -2.28. The van der Waals surface area contributed by atoms with E-state index in [2.05, 4.69) is 5.32 Å². The lowest BCUT2D eigenvalue weighted by atomic mass is 9.95. The molecular weight excluding hydrogens is 230 g/mol. The standard InChI is InChI=1S/C14H21NO3/c1-9(2)18-12-7-5-11(6-8-12)13(15-4)10(3)14(16)17/h5-10,13,15H,1-4H3,(H,16,17). The number of nitrogens with one attached hydrogen (secondary N) is 1. The van der Waals surface area contributed by atoms with E-state index in [1.165, 1.54) is 0 Å². The molecule has 0 spiro atoms. The molecule has 1 rings (SSSR count). The number of carboxylic acids is 1. The van der Waals surface area contributed by atoms with E-state index >= 15 is 0 Å². The molecule has 18 heavy (non-hydrogen) atoms. The van der Waals surface area contributed by atoms with E-state index in [9.17, 15) is 4.79 Å². The van der Waals surface area contributed by atoms with Crippen molar-refractivity contribution in [1.29, 1.82) is 0 Å². The number of ether oxygens (including phenoxy) is 1. The highest BCUT2D eigenvalue weighted by atomic mass is 16.5. The van der Waals surface area contributed by atoms with Gasteiger partial charge >= 0.3 is 5.97 Å². The van der Waals surface area contributed by atoms with Crippen LogP contribution in [0.1, 0.15) is 32.4 Å².